The summed E-state index contributed by atoms with van der Waals surface area (Å²) in [6.45, 7) is 3.89. The molecular formula is C9H12N4O2S. The number of hydrogen-bond donors (Lipinski definition) is 0. The van der Waals surface area contributed by atoms with Crippen LogP contribution in [0.1, 0.15) is 19.9 Å². The number of aromatic nitrogens is 4. The molecule has 0 bridgehead atoms. The van der Waals surface area contributed by atoms with Gasteiger partial charge in [0.1, 0.15) is 0 Å². The highest BCUT2D eigenvalue weighted by Crippen LogP contribution is 2.21. The average molecular weight is 240 g/mol. The molecule has 2 rings (SSSR count). The molecule has 0 unspecified atom stereocenters. The molecule has 2 heterocycles. The first-order valence-electron chi connectivity index (χ1n) is 4.80. The van der Waals surface area contributed by atoms with E-state index in [2.05, 4.69) is 15.3 Å². The SMILES string of the molecule is CC(C)n1ncc2c(S(C)(=O)=O)cnnc21. The third-order valence-electron chi connectivity index (χ3n) is 2.25. The van der Waals surface area contributed by atoms with E-state index in [0.717, 1.165) is 6.26 Å². The van der Waals surface area contributed by atoms with Crippen molar-refractivity contribution in [2.24, 2.45) is 0 Å². The molecule has 0 spiro atoms. The molecule has 0 aliphatic carbocycles. The summed E-state index contributed by atoms with van der Waals surface area (Å²) in [7, 11) is -3.30. The Morgan fingerprint density at radius 2 is 2.00 bits per heavy atom. The van der Waals surface area contributed by atoms with Crippen LogP contribution < -0.4 is 0 Å². The number of sulfone groups is 1. The third-order valence-corrected chi connectivity index (χ3v) is 3.37. The zero-order valence-corrected chi connectivity index (χ0v) is 10.1. The molecule has 6 nitrogen and oxygen atoms in total. The molecular weight excluding hydrogens is 228 g/mol. The Bertz CT molecular complexity index is 630. The summed E-state index contributed by atoms with van der Waals surface area (Å²) >= 11 is 0. The van der Waals surface area contributed by atoms with Gasteiger partial charge >= 0.3 is 0 Å². The molecule has 0 saturated heterocycles. The third kappa shape index (κ3) is 1.67. The first kappa shape index (κ1) is 11.0. The quantitative estimate of drug-likeness (QED) is 0.776. The number of rotatable bonds is 2. The van der Waals surface area contributed by atoms with Crippen molar-refractivity contribution in [3.8, 4) is 0 Å². The highest BCUT2D eigenvalue weighted by molar-refractivity contribution is 7.91. The summed E-state index contributed by atoms with van der Waals surface area (Å²) in [5.41, 5.74) is 0.498. The monoisotopic (exact) mass is 240 g/mol. The van der Waals surface area contributed by atoms with Crippen molar-refractivity contribution < 1.29 is 8.42 Å². The lowest BCUT2D eigenvalue weighted by Crippen LogP contribution is -2.05. The number of fused-ring (bicyclic) bond motifs is 1. The largest absolute Gasteiger partial charge is 0.243 e. The highest BCUT2D eigenvalue weighted by atomic mass is 32.2. The minimum absolute atomic E-state index is 0.113. The van der Waals surface area contributed by atoms with E-state index in [1.54, 1.807) is 4.68 Å². The van der Waals surface area contributed by atoms with Gasteiger partial charge in [-0.2, -0.15) is 10.2 Å². The van der Waals surface area contributed by atoms with Crippen LogP contribution in [0.25, 0.3) is 11.0 Å². The molecule has 86 valence electrons. The second-order valence-corrected chi connectivity index (χ2v) is 5.89. The fourth-order valence-electron chi connectivity index (χ4n) is 1.51. The van der Waals surface area contributed by atoms with Crippen molar-refractivity contribution in [2.45, 2.75) is 24.8 Å². The van der Waals surface area contributed by atoms with Crippen molar-refractivity contribution in [1.29, 1.82) is 0 Å². The Morgan fingerprint density at radius 3 is 2.56 bits per heavy atom. The smallest absolute Gasteiger partial charge is 0.181 e. The fraction of sp³-hybridized carbons (Fsp3) is 0.444. The normalized spacial score (nSPS) is 12.5. The van der Waals surface area contributed by atoms with Crippen molar-refractivity contribution in [3.63, 3.8) is 0 Å². The molecule has 0 aromatic carbocycles. The first-order valence-corrected chi connectivity index (χ1v) is 6.69. The van der Waals surface area contributed by atoms with Gasteiger partial charge in [-0.3, -0.25) is 0 Å². The van der Waals surface area contributed by atoms with Crippen molar-refractivity contribution in [2.75, 3.05) is 6.26 Å². The van der Waals surface area contributed by atoms with Crippen LogP contribution in [0.5, 0.6) is 0 Å². The van der Waals surface area contributed by atoms with Gasteiger partial charge in [0.05, 0.1) is 22.7 Å². The van der Waals surface area contributed by atoms with Gasteiger partial charge < -0.3 is 0 Å². The first-order chi connectivity index (χ1) is 7.41. The number of nitrogens with zero attached hydrogens (tertiary/aromatic N) is 4. The minimum atomic E-state index is -3.30. The van der Waals surface area contributed by atoms with Crippen LogP contribution in [0.3, 0.4) is 0 Å². The van der Waals surface area contributed by atoms with Gasteiger partial charge in [0.15, 0.2) is 15.5 Å². The summed E-state index contributed by atoms with van der Waals surface area (Å²) in [5.74, 6) is 0. The van der Waals surface area contributed by atoms with Gasteiger partial charge in [-0.15, -0.1) is 5.10 Å². The van der Waals surface area contributed by atoms with Crippen LogP contribution >= 0.6 is 0 Å². The molecule has 0 aliphatic heterocycles. The Labute approximate surface area is 93.2 Å². The summed E-state index contributed by atoms with van der Waals surface area (Å²) in [5, 5.41) is 12.3. The average Bonchev–Trinajstić information content (AvgIpc) is 2.58. The van der Waals surface area contributed by atoms with Gasteiger partial charge in [0, 0.05) is 12.3 Å². The Hall–Kier alpha value is -1.50. The Kier molecular flexibility index (Phi) is 2.42. The summed E-state index contributed by atoms with van der Waals surface area (Å²) < 4.78 is 24.7. The highest BCUT2D eigenvalue weighted by Gasteiger charge is 2.17. The van der Waals surface area contributed by atoms with Gasteiger partial charge in [-0.05, 0) is 13.8 Å². The molecule has 0 fully saturated rings. The van der Waals surface area contributed by atoms with Crippen LogP contribution in [-0.4, -0.2) is 34.7 Å². The van der Waals surface area contributed by atoms with E-state index < -0.39 is 9.84 Å². The molecule has 7 heteroatoms. The van der Waals surface area contributed by atoms with Crippen LogP contribution in [0.4, 0.5) is 0 Å². The topological polar surface area (TPSA) is 77.7 Å². The maximum Gasteiger partial charge on any atom is 0.181 e. The zero-order chi connectivity index (χ0) is 11.9. The van der Waals surface area contributed by atoms with E-state index in [1.165, 1.54) is 12.4 Å². The van der Waals surface area contributed by atoms with Gasteiger partial charge in [-0.25, -0.2) is 13.1 Å². The van der Waals surface area contributed by atoms with E-state index in [9.17, 15) is 8.42 Å². The van der Waals surface area contributed by atoms with Gasteiger partial charge in [-0.1, -0.05) is 0 Å². The Morgan fingerprint density at radius 1 is 1.31 bits per heavy atom. The predicted molar refractivity (Wildman–Crippen MR) is 58.8 cm³/mol. The summed E-state index contributed by atoms with van der Waals surface area (Å²) in [6.07, 6.45) is 3.92. The second kappa shape index (κ2) is 3.51. The lowest BCUT2D eigenvalue weighted by atomic mass is 10.4. The molecule has 0 radical (unpaired) electrons. The lowest BCUT2D eigenvalue weighted by Gasteiger charge is -2.05. The van der Waals surface area contributed by atoms with Crippen molar-refractivity contribution >= 4 is 20.9 Å². The molecule has 0 saturated carbocycles. The van der Waals surface area contributed by atoms with Gasteiger partial charge in [0.25, 0.3) is 0 Å². The van der Waals surface area contributed by atoms with Crippen LogP contribution in [-0.2, 0) is 9.84 Å². The summed E-state index contributed by atoms with van der Waals surface area (Å²) in [4.78, 5) is 0.171. The zero-order valence-electron chi connectivity index (χ0n) is 9.25. The van der Waals surface area contributed by atoms with E-state index in [4.69, 9.17) is 0 Å². The van der Waals surface area contributed by atoms with E-state index in [0.29, 0.717) is 11.0 Å². The van der Waals surface area contributed by atoms with Crippen LogP contribution in [0, 0.1) is 0 Å². The second-order valence-electron chi connectivity index (χ2n) is 3.90. The molecule has 0 aliphatic rings. The van der Waals surface area contributed by atoms with Crippen molar-refractivity contribution in [3.05, 3.63) is 12.4 Å². The van der Waals surface area contributed by atoms with E-state index in [1.807, 2.05) is 13.8 Å². The standard InChI is InChI=1S/C9H12N4O2S/c1-6(2)13-9-7(4-11-13)8(5-10-12-9)16(3,14)15/h4-6H,1-3H3. The predicted octanol–water partition coefficient (Wildman–Crippen LogP) is 0.811. The van der Waals surface area contributed by atoms with E-state index in [-0.39, 0.29) is 10.9 Å². The molecule has 2 aromatic heterocycles. The fourth-order valence-corrected chi connectivity index (χ4v) is 2.29. The lowest BCUT2D eigenvalue weighted by molar-refractivity contribution is 0.544. The molecule has 0 N–H and O–H groups in total. The van der Waals surface area contributed by atoms with Gasteiger partial charge in [0.2, 0.25) is 0 Å². The molecule has 0 atom stereocenters. The Balaban J connectivity index is 2.82. The maximum atomic E-state index is 11.5. The van der Waals surface area contributed by atoms with E-state index >= 15 is 0 Å². The van der Waals surface area contributed by atoms with Crippen LogP contribution in [0.2, 0.25) is 0 Å². The minimum Gasteiger partial charge on any atom is -0.243 e. The molecule has 0 amide bonds. The molecule has 16 heavy (non-hydrogen) atoms. The summed E-state index contributed by atoms with van der Waals surface area (Å²) in [6, 6.07) is 0.113. The van der Waals surface area contributed by atoms with Crippen molar-refractivity contribution in [1.82, 2.24) is 20.0 Å². The van der Waals surface area contributed by atoms with Crippen LogP contribution in [0.15, 0.2) is 17.3 Å². The number of hydrogen-bond acceptors (Lipinski definition) is 5. The maximum absolute atomic E-state index is 11.5. The molecule has 2 aromatic rings.